The third kappa shape index (κ3) is 3.70. The van der Waals surface area contributed by atoms with Crippen molar-refractivity contribution in [2.45, 2.75) is 46.1 Å². The van der Waals surface area contributed by atoms with E-state index in [0.29, 0.717) is 12.8 Å². The van der Waals surface area contributed by atoms with Crippen LogP contribution in [0.3, 0.4) is 0 Å². The van der Waals surface area contributed by atoms with Crippen molar-refractivity contribution in [1.82, 2.24) is 5.32 Å². The molecule has 4 N–H and O–H groups in total. The number of aliphatic carboxylic acids is 1. The molecule has 0 saturated heterocycles. The Kier molecular flexibility index (Phi) is 6.16. The minimum Gasteiger partial charge on any atom is -0.480 e. The number of amides is 1. The number of rotatable bonds is 7. The van der Waals surface area contributed by atoms with Gasteiger partial charge < -0.3 is 16.2 Å². The normalized spacial score (nSPS) is 13.5. The van der Waals surface area contributed by atoms with Crippen LogP contribution in [-0.4, -0.2) is 29.1 Å². The molecule has 0 aliphatic carbocycles. The van der Waals surface area contributed by atoms with Crippen molar-refractivity contribution in [2.75, 3.05) is 6.54 Å². The van der Waals surface area contributed by atoms with Gasteiger partial charge in [-0.15, -0.1) is 0 Å². The smallest absolute Gasteiger partial charge is 0.329 e. The Morgan fingerprint density at radius 3 is 2.00 bits per heavy atom. The predicted octanol–water partition coefficient (Wildman–Crippen LogP) is 0.977. The van der Waals surface area contributed by atoms with Crippen LogP contribution in [0.4, 0.5) is 0 Å². The van der Waals surface area contributed by atoms with E-state index in [1.807, 2.05) is 13.8 Å². The molecule has 100 valence electrons. The van der Waals surface area contributed by atoms with E-state index in [1.54, 1.807) is 13.8 Å². The van der Waals surface area contributed by atoms with Crippen molar-refractivity contribution in [3.63, 3.8) is 0 Å². The molecule has 0 aromatic rings. The molecule has 5 heteroatoms. The fraction of sp³-hybridized carbons (Fsp3) is 0.833. The summed E-state index contributed by atoms with van der Waals surface area (Å²) in [5, 5.41) is 11.9. The molecule has 0 aliphatic rings. The van der Waals surface area contributed by atoms with Crippen molar-refractivity contribution in [1.29, 1.82) is 0 Å². The Labute approximate surface area is 103 Å². The first-order chi connectivity index (χ1) is 7.84. The molecule has 1 unspecified atom stereocenters. The summed E-state index contributed by atoms with van der Waals surface area (Å²) in [5.74, 6) is -1.50. The fourth-order valence-corrected chi connectivity index (χ4v) is 1.79. The minimum absolute atomic E-state index is 0.0974. The summed E-state index contributed by atoms with van der Waals surface area (Å²) in [5.41, 5.74) is 4.38. The van der Waals surface area contributed by atoms with Crippen LogP contribution in [0.25, 0.3) is 0 Å². The van der Waals surface area contributed by atoms with Crippen LogP contribution in [0, 0.1) is 11.8 Å². The summed E-state index contributed by atoms with van der Waals surface area (Å²) in [4.78, 5) is 23.3. The number of hydrogen-bond donors (Lipinski definition) is 3. The van der Waals surface area contributed by atoms with Crippen molar-refractivity contribution in [2.24, 2.45) is 17.6 Å². The largest absolute Gasteiger partial charge is 0.480 e. The molecule has 1 atom stereocenters. The molecular weight excluding hydrogens is 220 g/mol. The highest BCUT2D eigenvalue weighted by molar-refractivity contribution is 5.88. The van der Waals surface area contributed by atoms with Gasteiger partial charge in [-0.3, -0.25) is 4.79 Å². The lowest BCUT2D eigenvalue weighted by atomic mass is 9.89. The summed E-state index contributed by atoms with van der Waals surface area (Å²) in [7, 11) is 0. The Morgan fingerprint density at radius 2 is 1.76 bits per heavy atom. The second-order valence-corrected chi connectivity index (χ2v) is 4.67. The summed E-state index contributed by atoms with van der Waals surface area (Å²) >= 11 is 0. The second-order valence-electron chi connectivity index (χ2n) is 4.67. The van der Waals surface area contributed by atoms with Crippen LogP contribution in [0.1, 0.15) is 40.5 Å². The fourth-order valence-electron chi connectivity index (χ4n) is 1.79. The lowest BCUT2D eigenvalue weighted by Gasteiger charge is -2.30. The first-order valence-corrected chi connectivity index (χ1v) is 6.10. The molecule has 0 rings (SSSR count). The number of nitrogens with two attached hydrogens (primary N) is 1. The Bertz CT molecular complexity index is 273. The summed E-state index contributed by atoms with van der Waals surface area (Å²) in [6, 6.07) is 0. The van der Waals surface area contributed by atoms with Crippen LogP contribution < -0.4 is 11.1 Å². The number of hydrogen-bond acceptors (Lipinski definition) is 3. The Hall–Kier alpha value is -1.10. The van der Waals surface area contributed by atoms with Crippen LogP contribution in [0.2, 0.25) is 0 Å². The number of carboxylic acids is 1. The van der Waals surface area contributed by atoms with Gasteiger partial charge in [0, 0.05) is 6.54 Å². The van der Waals surface area contributed by atoms with Gasteiger partial charge in [-0.1, -0.05) is 27.7 Å². The maximum Gasteiger partial charge on any atom is 0.329 e. The number of carbonyl (C=O) groups excluding carboxylic acids is 1. The van der Waals surface area contributed by atoms with Crippen molar-refractivity contribution in [3.8, 4) is 0 Å². The topological polar surface area (TPSA) is 92.4 Å². The van der Waals surface area contributed by atoms with Crippen molar-refractivity contribution < 1.29 is 14.7 Å². The predicted molar refractivity (Wildman–Crippen MR) is 66.5 cm³/mol. The second kappa shape index (κ2) is 6.59. The van der Waals surface area contributed by atoms with E-state index >= 15 is 0 Å². The van der Waals surface area contributed by atoms with E-state index in [2.05, 4.69) is 5.32 Å². The molecule has 0 spiro atoms. The maximum atomic E-state index is 12.0. The average Bonchev–Trinajstić information content (AvgIpc) is 2.25. The quantitative estimate of drug-likeness (QED) is 0.622. The third-order valence-electron chi connectivity index (χ3n) is 3.37. The van der Waals surface area contributed by atoms with E-state index in [-0.39, 0.29) is 24.3 Å². The van der Waals surface area contributed by atoms with E-state index in [4.69, 9.17) is 5.73 Å². The van der Waals surface area contributed by atoms with Gasteiger partial charge in [-0.05, 0) is 18.8 Å². The van der Waals surface area contributed by atoms with Crippen LogP contribution in [0.15, 0.2) is 0 Å². The molecule has 0 aliphatic heterocycles. The number of carbonyl (C=O) groups is 2. The molecule has 1 amide bonds. The Balaban J connectivity index is 4.89. The van der Waals surface area contributed by atoms with E-state index in [1.165, 1.54) is 0 Å². The van der Waals surface area contributed by atoms with Crippen LogP contribution in [-0.2, 0) is 9.59 Å². The zero-order chi connectivity index (χ0) is 13.6. The molecule has 17 heavy (non-hydrogen) atoms. The lowest BCUT2D eigenvalue weighted by molar-refractivity contribution is -0.149. The van der Waals surface area contributed by atoms with Gasteiger partial charge in [-0.2, -0.15) is 0 Å². The highest BCUT2D eigenvalue weighted by Gasteiger charge is 2.38. The first kappa shape index (κ1) is 15.9. The number of carboxylic acid groups (broad SMARTS) is 1. The highest BCUT2D eigenvalue weighted by Crippen LogP contribution is 2.18. The molecule has 0 radical (unpaired) electrons. The monoisotopic (exact) mass is 244 g/mol. The van der Waals surface area contributed by atoms with Crippen molar-refractivity contribution >= 4 is 11.9 Å². The van der Waals surface area contributed by atoms with Crippen LogP contribution in [0.5, 0.6) is 0 Å². The molecule has 0 saturated carbocycles. The standard InChI is InChI=1S/C12H24N2O3/c1-5-12(6-2,11(16)17)14-10(15)9(7-13)8(3)4/h8-9H,5-7,13H2,1-4H3,(H,14,15)(H,16,17). The SMILES string of the molecule is CCC(CC)(NC(=O)C(CN)C(C)C)C(=O)O. The summed E-state index contributed by atoms with van der Waals surface area (Å²) in [6.07, 6.45) is 0.722. The molecule has 0 bridgehead atoms. The molecule has 0 aromatic heterocycles. The van der Waals surface area contributed by atoms with E-state index < -0.39 is 11.5 Å². The molecular formula is C12H24N2O3. The van der Waals surface area contributed by atoms with Gasteiger partial charge in [0.05, 0.1) is 5.92 Å². The minimum atomic E-state index is -1.17. The molecule has 5 nitrogen and oxygen atoms in total. The van der Waals surface area contributed by atoms with Gasteiger partial charge in [0.25, 0.3) is 0 Å². The number of nitrogens with one attached hydrogen (secondary N) is 1. The first-order valence-electron chi connectivity index (χ1n) is 6.10. The molecule has 0 fully saturated rings. The lowest BCUT2D eigenvalue weighted by Crippen LogP contribution is -2.56. The highest BCUT2D eigenvalue weighted by atomic mass is 16.4. The zero-order valence-corrected chi connectivity index (χ0v) is 11.1. The third-order valence-corrected chi connectivity index (χ3v) is 3.37. The summed E-state index contributed by atoms with van der Waals surface area (Å²) < 4.78 is 0. The molecule has 0 aromatic carbocycles. The van der Waals surface area contributed by atoms with Gasteiger partial charge in [0.1, 0.15) is 5.54 Å². The Morgan fingerprint density at radius 1 is 1.29 bits per heavy atom. The van der Waals surface area contributed by atoms with Gasteiger partial charge in [0.15, 0.2) is 0 Å². The van der Waals surface area contributed by atoms with E-state index in [0.717, 1.165) is 0 Å². The van der Waals surface area contributed by atoms with Gasteiger partial charge >= 0.3 is 5.97 Å². The molecule has 0 heterocycles. The summed E-state index contributed by atoms with van der Waals surface area (Å²) in [6.45, 7) is 7.54. The maximum absolute atomic E-state index is 12.0. The van der Waals surface area contributed by atoms with Gasteiger partial charge in [0.2, 0.25) is 5.91 Å². The van der Waals surface area contributed by atoms with Gasteiger partial charge in [-0.25, -0.2) is 4.79 Å². The van der Waals surface area contributed by atoms with E-state index in [9.17, 15) is 14.7 Å². The average molecular weight is 244 g/mol. The van der Waals surface area contributed by atoms with Crippen LogP contribution >= 0.6 is 0 Å². The zero-order valence-electron chi connectivity index (χ0n) is 11.1. The van der Waals surface area contributed by atoms with Crippen molar-refractivity contribution in [3.05, 3.63) is 0 Å².